The van der Waals surface area contributed by atoms with E-state index >= 15 is 0 Å². The minimum atomic E-state index is -4.04. The molecule has 0 spiro atoms. The summed E-state index contributed by atoms with van der Waals surface area (Å²) < 4.78 is 40.2. The molecule has 1 amide bonds. The van der Waals surface area contributed by atoms with E-state index < -0.39 is 15.9 Å². The van der Waals surface area contributed by atoms with E-state index in [-0.39, 0.29) is 22.7 Å². The monoisotopic (exact) mass is 611 g/mol. The first-order valence-corrected chi connectivity index (χ1v) is 15.1. The second-order valence-electron chi connectivity index (χ2n) is 9.21. The lowest BCUT2D eigenvalue weighted by Gasteiger charge is -2.30. The minimum absolute atomic E-state index is 0.00949. The third-order valence-corrected chi connectivity index (χ3v) is 8.38. The van der Waals surface area contributed by atoms with Crippen LogP contribution >= 0.6 is 23.2 Å². The molecule has 0 bridgehead atoms. The van der Waals surface area contributed by atoms with Crippen LogP contribution in [0.25, 0.3) is 0 Å². The van der Waals surface area contributed by atoms with Gasteiger partial charge < -0.3 is 19.7 Å². The maximum atomic E-state index is 13.3. The highest BCUT2D eigenvalue weighted by Crippen LogP contribution is 2.30. The van der Waals surface area contributed by atoms with Crippen molar-refractivity contribution in [1.82, 2.24) is 5.32 Å². The predicted molar refractivity (Wildman–Crippen MR) is 161 cm³/mol. The summed E-state index contributed by atoms with van der Waals surface area (Å²) in [5.74, 6) is 0.402. The van der Waals surface area contributed by atoms with E-state index in [9.17, 15) is 13.2 Å². The Bertz CT molecular complexity index is 1640. The summed E-state index contributed by atoms with van der Waals surface area (Å²) in [5, 5.41) is 3.64. The molecule has 0 atom stereocenters. The van der Waals surface area contributed by atoms with Crippen LogP contribution in [-0.2, 0) is 21.3 Å². The number of anilines is 2. The standard InChI is InChI=1S/C30H27Cl2N3O5S/c31-22-9-14-27(34-41(37,38)24-12-10-23(11-13-24)40-29-8-4-2-6-26(29)32)25(19-22)30(36)33-20-21-5-1-3-7-28(21)35-15-17-39-18-16-35/h1-14,19,34H,15-18,20H2,(H,33,36). The summed E-state index contributed by atoms with van der Waals surface area (Å²) in [5.41, 5.74) is 2.16. The van der Waals surface area contributed by atoms with Gasteiger partial charge in [0.1, 0.15) is 11.5 Å². The van der Waals surface area contributed by atoms with Gasteiger partial charge in [-0.3, -0.25) is 9.52 Å². The van der Waals surface area contributed by atoms with Gasteiger partial charge in [-0.2, -0.15) is 0 Å². The molecule has 1 heterocycles. The van der Waals surface area contributed by atoms with E-state index in [0.29, 0.717) is 34.8 Å². The molecule has 0 aromatic heterocycles. The Hall–Kier alpha value is -3.76. The second-order valence-corrected chi connectivity index (χ2v) is 11.7. The maximum Gasteiger partial charge on any atom is 0.261 e. The number of nitrogens with zero attached hydrogens (tertiary/aromatic N) is 1. The number of carbonyl (C=O) groups is 1. The number of rotatable bonds is 9. The zero-order chi connectivity index (χ0) is 28.8. The maximum absolute atomic E-state index is 13.3. The molecule has 11 heteroatoms. The number of sulfonamides is 1. The van der Waals surface area contributed by atoms with Gasteiger partial charge >= 0.3 is 0 Å². The fraction of sp³-hybridized carbons (Fsp3) is 0.167. The number of nitrogens with one attached hydrogen (secondary N) is 2. The Labute approximate surface area is 248 Å². The second kappa shape index (κ2) is 12.8. The van der Waals surface area contributed by atoms with Gasteiger partial charge in [-0.1, -0.05) is 53.5 Å². The first kappa shape index (κ1) is 28.8. The van der Waals surface area contributed by atoms with E-state index in [1.165, 1.54) is 42.5 Å². The average Bonchev–Trinajstić information content (AvgIpc) is 2.99. The average molecular weight is 613 g/mol. The Balaban J connectivity index is 1.30. The highest BCUT2D eigenvalue weighted by atomic mass is 35.5. The number of ether oxygens (including phenoxy) is 2. The SMILES string of the molecule is O=C(NCc1ccccc1N1CCOCC1)c1cc(Cl)ccc1NS(=O)(=O)c1ccc(Oc2ccccc2Cl)cc1. The van der Waals surface area contributed by atoms with Crippen molar-refractivity contribution in [3.05, 3.63) is 112 Å². The number of hydrogen-bond acceptors (Lipinski definition) is 6. The molecule has 41 heavy (non-hydrogen) atoms. The van der Waals surface area contributed by atoms with Gasteiger partial charge in [0, 0.05) is 30.3 Å². The molecule has 8 nitrogen and oxygen atoms in total. The molecule has 5 rings (SSSR count). The van der Waals surface area contributed by atoms with E-state index in [1.807, 2.05) is 24.3 Å². The minimum Gasteiger partial charge on any atom is -0.456 e. The van der Waals surface area contributed by atoms with Gasteiger partial charge in [-0.25, -0.2) is 8.42 Å². The van der Waals surface area contributed by atoms with Crippen LogP contribution in [0, 0.1) is 0 Å². The van der Waals surface area contributed by atoms with Crippen LogP contribution < -0.4 is 19.7 Å². The zero-order valence-corrected chi connectivity index (χ0v) is 24.2. The van der Waals surface area contributed by atoms with E-state index in [1.54, 1.807) is 24.3 Å². The molecule has 2 N–H and O–H groups in total. The zero-order valence-electron chi connectivity index (χ0n) is 21.8. The van der Waals surface area contributed by atoms with Gasteiger partial charge in [0.05, 0.1) is 34.4 Å². The summed E-state index contributed by atoms with van der Waals surface area (Å²) in [6.45, 7) is 3.06. The van der Waals surface area contributed by atoms with Gasteiger partial charge in [0.25, 0.3) is 15.9 Å². The molecular formula is C30H27Cl2N3O5S. The normalized spacial score (nSPS) is 13.5. The van der Waals surface area contributed by atoms with Crippen LogP contribution in [0.3, 0.4) is 0 Å². The smallest absolute Gasteiger partial charge is 0.261 e. The number of carbonyl (C=O) groups excluding carboxylic acids is 1. The summed E-state index contributed by atoms with van der Waals surface area (Å²) in [6.07, 6.45) is 0. The third kappa shape index (κ3) is 7.12. The quantitative estimate of drug-likeness (QED) is 0.229. The number of benzene rings is 4. The lowest BCUT2D eigenvalue weighted by atomic mass is 10.1. The largest absolute Gasteiger partial charge is 0.456 e. The molecular weight excluding hydrogens is 585 g/mol. The van der Waals surface area contributed by atoms with Crippen LogP contribution in [0.2, 0.25) is 10.0 Å². The summed E-state index contributed by atoms with van der Waals surface area (Å²) >= 11 is 12.3. The number of para-hydroxylation sites is 2. The lowest BCUT2D eigenvalue weighted by Crippen LogP contribution is -2.37. The van der Waals surface area contributed by atoms with Crippen molar-refractivity contribution in [3.63, 3.8) is 0 Å². The van der Waals surface area contributed by atoms with E-state index in [0.717, 1.165) is 24.3 Å². The molecule has 0 unspecified atom stereocenters. The topological polar surface area (TPSA) is 97.0 Å². The molecule has 4 aromatic carbocycles. The predicted octanol–water partition coefficient (Wildman–Crippen LogP) is 6.35. The molecule has 1 saturated heterocycles. The fourth-order valence-electron chi connectivity index (χ4n) is 4.38. The molecule has 1 aliphatic heterocycles. The molecule has 0 radical (unpaired) electrons. The van der Waals surface area contributed by atoms with Gasteiger partial charge in [0.2, 0.25) is 0 Å². The van der Waals surface area contributed by atoms with Crippen molar-refractivity contribution in [1.29, 1.82) is 0 Å². The molecule has 1 aliphatic rings. The van der Waals surface area contributed by atoms with Gasteiger partial charge in [0.15, 0.2) is 0 Å². The van der Waals surface area contributed by atoms with Crippen LogP contribution in [0.5, 0.6) is 11.5 Å². The van der Waals surface area contributed by atoms with Crippen molar-refractivity contribution in [2.45, 2.75) is 11.4 Å². The van der Waals surface area contributed by atoms with Gasteiger partial charge in [-0.05, 0) is 66.2 Å². The molecule has 0 aliphatic carbocycles. The molecule has 0 saturated carbocycles. The molecule has 4 aromatic rings. The lowest BCUT2D eigenvalue weighted by molar-refractivity contribution is 0.0951. The van der Waals surface area contributed by atoms with Gasteiger partial charge in [-0.15, -0.1) is 0 Å². The van der Waals surface area contributed by atoms with Crippen LogP contribution in [-0.4, -0.2) is 40.6 Å². The van der Waals surface area contributed by atoms with Crippen LogP contribution in [0.15, 0.2) is 95.9 Å². The van der Waals surface area contributed by atoms with Crippen molar-refractivity contribution in [2.75, 3.05) is 35.9 Å². The van der Waals surface area contributed by atoms with Crippen LogP contribution in [0.1, 0.15) is 15.9 Å². The summed E-state index contributed by atoms with van der Waals surface area (Å²) in [7, 11) is -4.04. The Morgan fingerprint density at radius 3 is 2.37 bits per heavy atom. The van der Waals surface area contributed by atoms with Crippen molar-refractivity contribution >= 4 is 50.5 Å². The van der Waals surface area contributed by atoms with E-state index in [4.69, 9.17) is 32.7 Å². The Morgan fingerprint density at radius 2 is 1.61 bits per heavy atom. The van der Waals surface area contributed by atoms with Crippen LogP contribution in [0.4, 0.5) is 11.4 Å². The first-order chi connectivity index (χ1) is 19.8. The van der Waals surface area contributed by atoms with Crippen molar-refractivity contribution in [3.8, 4) is 11.5 Å². The molecule has 212 valence electrons. The summed E-state index contributed by atoms with van der Waals surface area (Å²) in [4.78, 5) is 15.5. The molecule has 1 fully saturated rings. The highest BCUT2D eigenvalue weighted by Gasteiger charge is 2.21. The summed E-state index contributed by atoms with van der Waals surface area (Å²) in [6, 6.07) is 25.1. The Kier molecular flexibility index (Phi) is 8.99. The number of morpholine rings is 1. The van der Waals surface area contributed by atoms with Crippen molar-refractivity contribution < 1.29 is 22.7 Å². The third-order valence-electron chi connectivity index (χ3n) is 6.45. The van der Waals surface area contributed by atoms with E-state index in [2.05, 4.69) is 14.9 Å². The number of amides is 1. The fourth-order valence-corrected chi connectivity index (χ4v) is 5.81. The van der Waals surface area contributed by atoms with Crippen molar-refractivity contribution in [2.24, 2.45) is 0 Å². The highest BCUT2D eigenvalue weighted by molar-refractivity contribution is 7.92. The number of hydrogen-bond donors (Lipinski definition) is 2. The Morgan fingerprint density at radius 1 is 0.902 bits per heavy atom. The first-order valence-electron chi connectivity index (χ1n) is 12.8. The number of halogens is 2.